The van der Waals surface area contributed by atoms with E-state index < -0.39 is 0 Å². The molecule has 5 heteroatoms. The van der Waals surface area contributed by atoms with Crippen LogP contribution in [0, 0.1) is 5.92 Å². The Hall–Kier alpha value is -1.10. The van der Waals surface area contributed by atoms with Gasteiger partial charge in [-0.3, -0.25) is 14.5 Å². The number of carbonyl (C=O) groups is 2. The van der Waals surface area contributed by atoms with E-state index in [9.17, 15) is 9.59 Å². The van der Waals surface area contributed by atoms with Crippen molar-refractivity contribution in [3.05, 3.63) is 0 Å². The van der Waals surface area contributed by atoms with E-state index >= 15 is 0 Å². The summed E-state index contributed by atoms with van der Waals surface area (Å²) in [4.78, 5) is 27.3. The lowest BCUT2D eigenvalue weighted by molar-refractivity contribution is -0.143. The van der Waals surface area contributed by atoms with E-state index in [0.717, 1.165) is 25.9 Å². The monoisotopic (exact) mass is 270 g/mol. The molecule has 0 aromatic heterocycles. The topological polar surface area (TPSA) is 49.9 Å². The molecular formula is C14H26N2O3. The summed E-state index contributed by atoms with van der Waals surface area (Å²) in [7, 11) is 1.37. The van der Waals surface area contributed by atoms with Crippen molar-refractivity contribution in [3.63, 3.8) is 0 Å². The highest BCUT2D eigenvalue weighted by Crippen LogP contribution is 2.16. The number of hydrogen-bond donors (Lipinski definition) is 0. The number of methoxy groups -OCH3 is 1. The van der Waals surface area contributed by atoms with Gasteiger partial charge in [-0.2, -0.15) is 0 Å². The van der Waals surface area contributed by atoms with Gasteiger partial charge in [-0.15, -0.1) is 0 Å². The Labute approximate surface area is 115 Å². The van der Waals surface area contributed by atoms with Crippen LogP contribution >= 0.6 is 0 Å². The summed E-state index contributed by atoms with van der Waals surface area (Å²) in [6.45, 7) is 8.32. The fourth-order valence-corrected chi connectivity index (χ4v) is 2.18. The van der Waals surface area contributed by atoms with Gasteiger partial charge in [0.1, 0.15) is 0 Å². The molecule has 0 radical (unpaired) electrons. The van der Waals surface area contributed by atoms with Crippen molar-refractivity contribution in [2.24, 2.45) is 5.92 Å². The fourth-order valence-electron chi connectivity index (χ4n) is 2.18. The molecule has 1 fully saturated rings. The van der Waals surface area contributed by atoms with Crippen molar-refractivity contribution < 1.29 is 14.3 Å². The summed E-state index contributed by atoms with van der Waals surface area (Å²) >= 11 is 0. The molecule has 1 saturated heterocycles. The summed E-state index contributed by atoms with van der Waals surface area (Å²) in [5.41, 5.74) is 0. The zero-order valence-electron chi connectivity index (χ0n) is 12.5. The molecule has 1 amide bonds. The highest BCUT2D eigenvalue weighted by molar-refractivity contribution is 5.79. The highest BCUT2D eigenvalue weighted by Gasteiger charge is 2.24. The van der Waals surface area contributed by atoms with Crippen LogP contribution in [-0.2, 0) is 14.3 Å². The molecule has 0 bridgehead atoms. The Bertz CT molecular complexity index is 310. The van der Waals surface area contributed by atoms with Gasteiger partial charge in [-0.25, -0.2) is 0 Å². The Morgan fingerprint density at radius 1 is 1.26 bits per heavy atom. The van der Waals surface area contributed by atoms with Gasteiger partial charge in [0.2, 0.25) is 5.91 Å². The van der Waals surface area contributed by atoms with Gasteiger partial charge in [0, 0.05) is 19.1 Å². The zero-order valence-corrected chi connectivity index (χ0v) is 12.5. The maximum Gasteiger partial charge on any atom is 0.319 e. The van der Waals surface area contributed by atoms with Crippen molar-refractivity contribution in [1.29, 1.82) is 0 Å². The average Bonchev–Trinajstić information content (AvgIpc) is 2.38. The number of esters is 1. The van der Waals surface area contributed by atoms with E-state index in [1.54, 1.807) is 0 Å². The van der Waals surface area contributed by atoms with Crippen LogP contribution in [-0.4, -0.2) is 61.0 Å². The number of nitrogens with zero attached hydrogens (tertiary/aromatic N) is 2. The van der Waals surface area contributed by atoms with Crippen LogP contribution in [0.3, 0.4) is 0 Å². The van der Waals surface area contributed by atoms with Crippen LogP contribution in [0.5, 0.6) is 0 Å². The number of piperidine rings is 1. The largest absolute Gasteiger partial charge is 0.468 e. The minimum Gasteiger partial charge on any atom is -0.468 e. The first-order chi connectivity index (χ1) is 8.93. The van der Waals surface area contributed by atoms with E-state index in [2.05, 4.69) is 11.7 Å². The van der Waals surface area contributed by atoms with Gasteiger partial charge in [-0.1, -0.05) is 6.92 Å². The molecule has 0 aliphatic carbocycles. The first kappa shape index (κ1) is 16.0. The maximum absolute atomic E-state index is 12.2. The lowest BCUT2D eigenvalue weighted by Gasteiger charge is -2.33. The van der Waals surface area contributed by atoms with E-state index in [1.165, 1.54) is 7.11 Å². The number of amides is 1. The van der Waals surface area contributed by atoms with Gasteiger partial charge >= 0.3 is 5.97 Å². The Balaban J connectivity index is 2.49. The minimum absolute atomic E-state index is 0.115. The quantitative estimate of drug-likeness (QED) is 0.703. The number of ether oxygens (including phenoxy) is 1. The lowest BCUT2D eigenvalue weighted by Crippen LogP contribution is -2.47. The summed E-state index contributed by atoms with van der Waals surface area (Å²) < 4.78 is 4.67. The second kappa shape index (κ2) is 7.48. The second-order valence-corrected chi connectivity index (χ2v) is 5.64. The Kier molecular flexibility index (Phi) is 6.28. The van der Waals surface area contributed by atoms with Crippen LogP contribution in [0.2, 0.25) is 0 Å². The maximum atomic E-state index is 12.2. The van der Waals surface area contributed by atoms with E-state index in [4.69, 9.17) is 0 Å². The van der Waals surface area contributed by atoms with E-state index in [1.807, 2.05) is 23.6 Å². The van der Waals surface area contributed by atoms with E-state index in [-0.39, 0.29) is 24.5 Å². The molecule has 0 atom stereocenters. The van der Waals surface area contributed by atoms with Crippen LogP contribution < -0.4 is 0 Å². The number of rotatable bonds is 5. The van der Waals surface area contributed by atoms with E-state index in [0.29, 0.717) is 12.5 Å². The molecular weight excluding hydrogens is 244 g/mol. The molecule has 1 rings (SSSR count). The zero-order chi connectivity index (χ0) is 14.4. The van der Waals surface area contributed by atoms with Crippen molar-refractivity contribution in [1.82, 2.24) is 9.80 Å². The second-order valence-electron chi connectivity index (χ2n) is 5.64. The molecule has 5 nitrogen and oxygen atoms in total. The minimum atomic E-state index is -0.297. The van der Waals surface area contributed by atoms with Crippen molar-refractivity contribution in [3.8, 4) is 0 Å². The molecule has 110 valence electrons. The molecule has 1 aliphatic heterocycles. The molecule has 0 spiro atoms. The Morgan fingerprint density at radius 3 is 2.32 bits per heavy atom. The third-order valence-corrected chi connectivity index (χ3v) is 3.76. The molecule has 1 aliphatic rings. The van der Waals surface area contributed by atoms with Crippen molar-refractivity contribution in [2.45, 2.75) is 39.7 Å². The molecule has 0 saturated carbocycles. The Morgan fingerprint density at radius 2 is 1.84 bits per heavy atom. The molecule has 0 aromatic rings. The molecule has 1 heterocycles. The molecule has 0 N–H and O–H groups in total. The van der Waals surface area contributed by atoms with Gasteiger partial charge in [0.05, 0.1) is 20.2 Å². The highest BCUT2D eigenvalue weighted by atomic mass is 16.5. The van der Waals surface area contributed by atoms with Crippen LogP contribution in [0.4, 0.5) is 0 Å². The van der Waals surface area contributed by atoms with Crippen LogP contribution in [0.25, 0.3) is 0 Å². The predicted molar refractivity (Wildman–Crippen MR) is 73.7 cm³/mol. The normalized spacial score (nSPS) is 17.1. The average molecular weight is 270 g/mol. The van der Waals surface area contributed by atoms with Crippen molar-refractivity contribution in [2.75, 3.05) is 33.3 Å². The molecule has 0 aromatic carbocycles. The van der Waals surface area contributed by atoms with Gasteiger partial charge < -0.3 is 9.64 Å². The predicted octanol–water partition coefficient (Wildman–Crippen LogP) is 1.13. The number of carbonyl (C=O) groups excluding carboxylic acids is 2. The van der Waals surface area contributed by atoms with Crippen LogP contribution in [0.15, 0.2) is 0 Å². The SMILES string of the molecule is COC(=O)CN(CC(=O)N1CCC(C)CC1)C(C)C. The smallest absolute Gasteiger partial charge is 0.319 e. The molecule has 19 heavy (non-hydrogen) atoms. The van der Waals surface area contributed by atoms with Gasteiger partial charge in [-0.05, 0) is 32.6 Å². The summed E-state index contributed by atoms with van der Waals surface area (Å²) in [5.74, 6) is 0.526. The fraction of sp³-hybridized carbons (Fsp3) is 0.857. The summed E-state index contributed by atoms with van der Waals surface area (Å²) in [5, 5.41) is 0. The number of hydrogen-bond acceptors (Lipinski definition) is 4. The first-order valence-electron chi connectivity index (χ1n) is 7.02. The summed E-state index contributed by atoms with van der Waals surface area (Å²) in [6.07, 6.45) is 2.15. The lowest BCUT2D eigenvalue weighted by atomic mass is 9.99. The van der Waals surface area contributed by atoms with Gasteiger partial charge in [0.25, 0.3) is 0 Å². The van der Waals surface area contributed by atoms with Crippen LogP contribution in [0.1, 0.15) is 33.6 Å². The standard InChI is InChI=1S/C14H26N2O3/c1-11(2)16(10-14(18)19-4)9-13(17)15-7-5-12(3)6-8-15/h11-12H,5-10H2,1-4H3. The third-order valence-electron chi connectivity index (χ3n) is 3.76. The van der Waals surface area contributed by atoms with Gasteiger partial charge in [0.15, 0.2) is 0 Å². The molecule has 0 unspecified atom stereocenters. The summed E-state index contributed by atoms with van der Waals surface area (Å²) in [6, 6.07) is 0.145. The number of likely N-dealkylation sites (tertiary alicyclic amines) is 1. The van der Waals surface area contributed by atoms with Crippen molar-refractivity contribution >= 4 is 11.9 Å². The third kappa shape index (κ3) is 5.19. The first-order valence-corrected chi connectivity index (χ1v) is 7.02.